The Bertz CT molecular complexity index is 476. The van der Waals surface area contributed by atoms with Gasteiger partial charge in [0.05, 0.1) is 0 Å². The molecule has 100 valence electrons. The van der Waals surface area contributed by atoms with Crippen molar-refractivity contribution in [3.63, 3.8) is 0 Å². The number of hydrogen-bond donors (Lipinski definition) is 1. The van der Waals surface area contributed by atoms with E-state index in [-0.39, 0.29) is 0 Å². The molecule has 0 fully saturated rings. The van der Waals surface area contributed by atoms with E-state index >= 15 is 0 Å². The number of hydrogen-bond acceptors (Lipinski definition) is 2. The lowest BCUT2D eigenvalue weighted by atomic mass is 10.2. The van der Waals surface area contributed by atoms with Crippen LogP contribution in [0.25, 0.3) is 0 Å². The van der Waals surface area contributed by atoms with Gasteiger partial charge in [-0.3, -0.25) is 0 Å². The number of likely N-dealkylation sites (N-methyl/N-ethyl adjacent to an activating group) is 1. The molecule has 2 heteroatoms. The summed E-state index contributed by atoms with van der Waals surface area (Å²) in [4.78, 5) is 2.38. The van der Waals surface area contributed by atoms with Crippen LogP contribution in [0.3, 0.4) is 0 Å². The van der Waals surface area contributed by atoms with E-state index in [1.807, 2.05) is 6.07 Å². The minimum atomic E-state index is 0.950. The summed E-state index contributed by atoms with van der Waals surface area (Å²) >= 11 is 0. The summed E-state index contributed by atoms with van der Waals surface area (Å²) in [5, 5.41) is 3.45. The number of aryl methyl sites for hydroxylation is 1. The topological polar surface area (TPSA) is 15.3 Å². The fourth-order valence-corrected chi connectivity index (χ4v) is 2.12. The summed E-state index contributed by atoms with van der Waals surface area (Å²) in [5.41, 5.74) is 3.78. The van der Waals surface area contributed by atoms with Gasteiger partial charge < -0.3 is 10.2 Å². The molecule has 19 heavy (non-hydrogen) atoms. The van der Waals surface area contributed by atoms with E-state index in [9.17, 15) is 0 Å². The Hall–Kier alpha value is -1.96. The summed E-state index contributed by atoms with van der Waals surface area (Å²) in [6.45, 7) is 7.30. The van der Waals surface area contributed by atoms with E-state index in [1.54, 1.807) is 0 Å². The van der Waals surface area contributed by atoms with Crippen molar-refractivity contribution < 1.29 is 0 Å². The maximum atomic E-state index is 3.45. The Labute approximate surface area is 116 Å². The van der Waals surface area contributed by atoms with E-state index in [2.05, 4.69) is 72.6 Å². The third-order valence-electron chi connectivity index (χ3n) is 3.27. The molecule has 0 aliphatic carbocycles. The third-order valence-corrected chi connectivity index (χ3v) is 3.27. The number of nitrogens with zero attached hydrogens (tertiary/aromatic N) is 1. The van der Waals surface area contributed by atoms with Gasteiger partial charge in [0.2, 0.25) is 0 Å². The molecule has 2 aromatic rings. The van der Waals surface area contributed by atoms with Crippen molar-refractivity contribution in [2.24, 2.45) is 0 Å². The van der Waals surface area contributed by atoms with Gasteiger partial charge in [-0.2, -0.15) is 0 Å². The molecule has 0 aliphatic heterocycles. The molecule has 0 saturated heterocycles. The Kier molecular flexibility index (Phi) is 4.85. The minimum Gasteiger partial charge on any atom is -0.383 e. The van der Waals surface area contributed by atoms with Gasteiger partial charge in [0, 0.05) is 31.0 Å². The van der Waals surface area contributed by atoms with Crippen LogP contribution in [0, 0.1) is 6.92 Å². The van der Waals surface area contributed by atoms with E-state index < -0.39 is 0 Å². The molecule has 1 N–H and O–H groups in total. The SMILES string of the molecule is CCN(CCNc1ccccc1)c1ccc(C)cc1. The molecule has 0 unspecified atom stereocenters. The van der Waals surface area contributed by atoms with Crippen molar-refractivity contribution in [3.05, 3.63) is 60.2 Å². The average Bonchev–Trinajstić information content (AvgIpc) is 2.46. The third kappa shape index (κ3) is 4.02. The van der Waals surface area contributed by atoms with Crippen molar-refractivity contribution in [1.82, 2.24) is 0 Å². The Morgan fingerprint density at radius 2 is 1.63 bits per heavy atom. The molecule has 2 nitrogen and oxygen atoms in total. The highest BCUT2D eigenvalue weighted by molar-refractivity contribution is 5.48. The van der Waals surface area contributed by atoms with Crippen molar-refractivity contribution in [3.8, 4) is 0 Å². The van der Waals surface area contributed by atoms with Crippen molar-refractivity contribution in [2.45, 2.75) is 13.8 Å². The van der Waals surface area contributed by atoms with E-state index in [0.717, 1.165) is 19.6 Å². The first kappa shape index (κ1) is 13.5. The van der Waals surface area contributed by atoms with Crippen LogP contribution in [0.5, 0.6) is 0 Å². The molecule has 0 radical (unpaired) electrons. The first-order valence-electron chi connectivity index (χ1n) is 6.90. The fraction of sp³-hybridized carbons (Fsp3) is 0.294. The quantitative estimate of drug-likeness (QED) is 0.840. The van der Waals surface area contributed by atoms with Crippen LogP contribution in [-0.4, -0.2) is 19.6 Å². The van der Waals surface area contributed by atoms with Crippen molar-refractivity contribution in [2.75, 3.05) is 29.9 Å². The van der Waals surface area contributed by atoms with Crippen LogP contribution in [0.2, 0.25) is 0 Å². The molecule has 0 aromatic heterocycles. The van der Waals surface area contributed by atoms with Crippen LogP contribution in [0.1, 0.15) is 12.5 Å². The zero-order chi connectivity index (χ0) is 13.5. The van der Waals surface area contributed by atoms with Gasteiger partial charge in [0.25, 0.3) is 0 Å². The monoisotopic (exact) mass is 254 g/mol. The number of anilines is 2. The Morgan fingerprint density at radius 1 is 0.947 bits per heavy atom. The maximum Gasteiger partial charge on any atom is 0.0366 e. The highest BCUT2D eigenvalue weighted by Crippen LogP contribution is 2.14. The summed E-state index contributed by atoms with van der Waals surface area (Å²) in [7, 11) is 0. The second kappa shape index (κ2) is 6.83. The van der Waals surface area contributed by atoms with Crippen LogP contribution in [0.15, 0.2) is 54.6 Å². The molecule has 0 amide bonds. The van der Waals surface area contributed by atoms with Crippen molar-refractivity contribution >= 4 is 11.4 Å². The Morgan fingerprint density at radius 3 is 2.26 bits per heavy atom. The largest absolute Gasteiger partial charge is 0.383 e. The molecule has 0 saturated carbocycles. The van der Waals surface area contributed by atoms with E-state index in [4.69, 9.17) is 0 Å². The zero-order valence-corrected chi connectivity index (χ0v) is 11.8. The second-order valence-corrected chi connectivity index (χ2v) is 4.71. The highest BCUT2D eigenvalue weighted by Gasteiger charge is 2.03. The molecule has 2 aromatic carbocycles. The summed E-state index contributed by atoms with van der Waals surface area (Å²) < 4.78 is 0. The van der Waals surface area contributed by atoms with Gasteiger partial charge in [-0.1, -0.05) is 35.9 Å². The standard InChI is InChI=1S/C17H22N2/c1-3-19(17-11-9-15(2)10-12-17)14-13-18-16-7-5-4-6-8-16/h4-12,18H,3,13-14H2,1-2H3. The lowest BCUT2D eigenvalue weighted by Crippen LogP contribution is -2.28. The minimum absolute atomic E-state index is 0.950. The van der Waals surface area contributed by atoms with Gasteiger partial charge in [-0.25, -0.2) is 0 Å². The predicted molar refractivity (Wildman–Crippen MR) is 84.0 cm³/mol. The maximum absolute atomic E-state index is 3.45. The van der Waals surface area contributed by atoms with Gasteiger partial charge in [0.1, 0.15) is 0 Å². The molecule has 0 aliphatic rings. The van der Waals surface area contributed by atoms with Crippen LogP contribution >= 0.6 is 0 Å². The van der Waals surface area contributed by atoms with Crippen molar-refractivity contribution in [1.29, 1.82) is 0 Å². The van der Waals surface area contributed by atoms with Crippen LogP contribution in [0.4, 0.5) is 11.4 Å². The summed E-state index contributed by atoms with van der Waals surface area (Å²) in [6.07, 6.45) is 0. The lowest BCUT2D eigenvalue weighted by Gasteiger charge is -2.23. The van der Waals surface area contributed by atoms with Gasteiger partial charge in [-0.05, 0) is 38.1 Å². The molecule has 0 bridgehead atoms. The molecule has 0 spiro atoms. The molecule has 0 atom stereocenters. The van der Waals surface area contributed by atoms with Crippen LogP contribution in [-0.2, 0) is 0 Å². The normalized spacial score (nSPS) is 10.2. The number of rotatable bonds is 6. The molecular weight excluding hydrogens is 232 g/mol. The number of para-hydroxylation sites is 1. The zero-order valence-electron chi connectivity index (χ0n) is 11.8. The Balaban J connectivity index is 1.87. The smallest absolute Gasteiger partial charge is 0.0366 e. The van der Waals surface area contributed by atoms with Gasteiger partial charge in [-0.15, -0.1) is 0 Å². The van der Waals surface area contributed by atoms with Crippen LogP contribution < -0.4 is 10.2 Å². The number of benzene rings is 2. The first-order chi connectivity index (χ1) is 9.29. The second-order valence-electron chi connectivity index (χ2n) is 4.71. The summed E-state index contributed by atoms with van der Waals surface area (Å²) in [5.74, 6) is 0. The van der Waals surface area contributed by atoms with E-state index in [1.165, 1.54) is 16.9 Å². The first-order valence-corrected chi connectivity index (χ1v) is 6.90. The predicted octanol–water partition coefficient (Wildman–Crippen LogP) is 3.93. The van der Waals surface area contributed by atoms with Gasteiger partial charge in [0.15, 0.2) is 0 Å². The van der Waals surface area contributed by atoms with Gasteiger partial charge >= 0.3 is 0 Å². The molecule has 0 heterocycles. The van der Waals surface area contributed by atoms with E-state index in [0.29, 0.717) is 0 Å². The lowest BCUT2D eigenvalue weighted by molar-refractivity contribution is 0.835. The molecular formula is C17H22N2. The average molecular weight is 254 g/mol. The highest BCUT2D eigenvalue weighted by atomic mass is 15.1. The fourth-order valence-electron chi connectivity index (χ4n) is 2.12. The molecule has 2 rings (SSSR count). The summed E-state index contributed by atoms with van der Waals surface area (Å²) in [6, 6.07) is 19.1. The number of nitrogens with one attached hydrogen (secondary N) is 1.